The van der Waals surface area contributed by atoms with E-state index < -0.39 is 0 Å². The zero-order valence-corrected chi connectivity index (χ0v) is 16.4. The summed E-state index contributed by atoms with van der Waals surface area (Å²) in [5, 5.41) is 24.9. The van der Waals surface area contributed by atoms with E-state index in [1.165, 1.54) is 0 Å². The van der Waals surface area contributed by atoms with Crippen molar-refractivity contribution in [2.24, 2.45) is 0 Å². The Morgan fingerprint density at radius 2 is 1.90 bits per heavy atom. The minimum atomic E-state index is -0.0488. The summed E-state index contributed by atoms with van der Waals surface area (Å²) in [7, 11) is 0. The number of nitrogens with zero attached hydrogens (tertiary/aromatic N) is 4. The molecule has 1 fully saturated rings. The maximum atomic E-state index is 12.9. The molecule has 3 aromatic rings. The molecule has 1 amide bonds. The molecule has 1 aliphatic heterocycles. The highest BCUT2D eigenvalue weighted by molar-refractivity contribution is 6.34. The fraction of sp³-hybridized carbons (Fsp3) is 0.182. The number of carbonyl (C=O) groups excluding carboxylic acids is 1. The number of nitriles is 2. The van der Waals surface area contributed by atoms with Crippen LogP contribution in [0.3, 0.4) is 0 Å². The van der Waals surface area contributed by atoms with Gasteiger partial charge in [-0.25, -0.2) is 0 Å². The van der Waals surface area contributed by atoms with Gasteiger partial charge in [-0.05, 0) is 42.3 Å². The lowest BCUT2D eigenvalue weighted by Gasteiger charge is -2.39. The van der Waals surface area contributed by atoms with Gasteiger partial charge < -0.3 is 4.90 Å². The summed E-state index contributed by atoms with van der Waals surface area (Å²) in [6.45, 7) is 3.19. The van der Waals surface area contributed by atoms with Crippen LogP contribution in [0.2, 0.25) is 5.02 Å². The summed E-state index contributed by atoms with van der Waals surface area (Å²) in [5.74, 6) is 0.226. The number of H-pyrrole nitrogens is 1. The third kappa shape index (κ3) is 3.35. The zero-order valence-electron chi connectivity index (χ0n) is 15.6. The first-order chi connectivity index (χ1) is 14.0. The minimum absolute atomic E-state index is 0.0488. The van der Waals surface area contributed by atoms with Crippen molar-refractivity contribution < 1.29 is 4.79 Å². The molecule has 0 radical (unpaired) electrons. The molecule has 0 bridgehead atoms. The van der Waals surface area contributed by atoms with Gasteiger partial charge in [-0.15, -0.1) is 0 Å². The third-order valence-electron chi connectivity index (χ3n) is 5.25. The van der Waals surface area contributed by atoms with Crippen LogP contribution in [0.15, 0.2) is 42.5 Å². The molecule has 1 aromatic heterocycles. The number of carbonyl (C=O) groups is 1. The van der Waals surface area contributed by atoms with Crippen molar-refractivity contribution in [1.82, 2.24) is 15.1 Å². The van der Waals surface area contributed by atoms with Gasteiger partial charge in [0, 0.05) is 30.1 Å². The number of benzene rings is 2. The van der Waals surface area contributed by atoms with Gasteiger partial charge >= 0.3 is 0 Å². The average molecular weight is 402 g/mol. The largest absolute Gasteiger partial charge is 0.337 e. The van der Waals surface area contributed by atoms with E-state index in [0.717, 1.165) is 16.7 Å². The van der Waals surface area contributed by atoms with E-state index in [-0.39, 0.29) is 22.5 Å². The van der Waals surface area contributed by atoms with Crippen LogP contribution in [0.5, 0.6) is 0 Å². The molecule has 4 rings (SSSR count). The highest BCUT2D eigenvalue weighted by Crippen LogP contribution is 2.33. The van der Waals surface area contributed by atoms with Crippen LogP contribution in [0.1, 0.15) is 38.7 Å². The SMILES string of the molecule is Cc1ccc(C(=O)N2CC(c3ccc(C#N)cc3)C2)cc1-c1[nH]nc(C#N)c1Cl. The van der Waals surface area contributed by atoms with Crippen molar-refractivity contribution in [3.05, 3.63) is 75.4 Å². The quantitative estimate of drug-likeness (QED) is 0.716. The summed E-state index contributed by atoms with van der Waals surface area (Å²) in [6, 6.07) is 17.0. The van der Waals surface area contributed by atoms with E-state index in [2.05, 4.69) is 16.3 Å². The summed E-state index contributed by atoms with van der Waals surface area (Å²) in [4.78, 5) is 14.7. The van der Waals surface area contributed by atoms with Crippen molar-refractivity contribution in [2.75, 3.05) is 13.1 Å². The lowest BCUT2D eigenvalue weighted by molar-refractivity contribution is 0.0602. The molecule has 0 unspecified atom stereocenters. The summed E-state index contributed by atoms with van der Waals surface area (Å²) >= 11 is 6.24. The maximum absolute atomic E-state index is 12.9. The Labute approximate surface area is 173 Å². The number of likely N-dealkylation sites (tertiary alicyclic amines) is 1. The number of rotatable bonds is 3. The first-order valence-corrected chi connectivity index (χ1v) is 9.44. The van der Waals surface area contributed by atoms with E-state index in [9.17, 15) is 4.79 Å². The van der Waals surface area contributed by atoms with Crippen LogP contribution >= 0.6 is 11.6 Å². The van der Waals surface area contributed by atoms with Crippen LogP contribution in [-0.2, 0) is 0 Å². The average Bonchev–Trinajstić information content (AvgIpc) is 3.08. The number of hydrogen-bond donors (Lipinski definition) is 1. The highest BCUT2D eigenvalue weighted by Gasteiger charge is 2.32. The molecule has 2 aromatic carbocycles. The second-order valence-corrected chi connectivity index (χ2v) is 7.42. The smallest absolute Gasteiger partial charge is 0.253 e. The Balaban J connectivity index is 1.52. The molecule has 142 valence electrons. The number of aryl methyl sites for hydroxylation is 1. The van der Waals surface area contributed by atoms with Gasteiger partial charge in [0.1, 0.15) is 11.1 Å². The Morgan fingerprint density at radius 1 is 1.17 bits per heavy atom. The van der Waals surface area contributed by atoms with Gasteiger partial charge in [-0.1, -0.05) is 29.8 Å². The van der Waals surface area contributed by atoms with E-state index in [0.29, 0.717) is 29.9 Å². The number of halogens is 1. The standard InChI is InChI=1S/C22H16ClN5O/c1-13-2-5-16(8-18(13)21-20(23)19(10-25)26-27-21)22(29)28-11-17(12-28)15-6-3-14(9-24)4-7-15/h2-8,17H,11-12H2,1H3,(H,26,27). The third-order valence-corrected chi connectivity index (χ3v) is 5.61. The van der Waals surface area contributed by atoms with E-state index in [1.807, 2.05) is 31.2 Å². The molecule has 1 saturated heterocycles. The Morgan fingerprint density at radius 3 is 2.52 bits per heavy atom. The Kier molecular flexibility index (Phi) is 4.80. The highest BCUT2D eigenvalue weighted by atomic mass is 35.5. The lowest BCUT2D eigenvalue weighted by atomic mass is 9.90. The van der Waals surface area contributed by atoms with Gasteiger partial charge in [0.2, 0.25) is 0 Å². The fourth-order valence-electron chi connectivity index (χ4n) is 3.47. The molecule has 7 heteroatoms. The van der Waals surface area contributed by atoms with Gasteiger partial charge in [0.15, 0.2) is 5.69 Å². The molecule has 0 spiro atoms. The number of aromatic amines is 1. The van der Waals surface area contributed by atoms with E-state index >= 15 is 0 Å². The van der Waals surface area contributed by atoms with E-state index in [1.54, 1.807) is 29.2 Å². The summed E-state index contributed by atoms with van der Waals surface area (Å²) in [5.41, 5.74) is 4.67. The summed E-state index contributed by atoms with van der Waals surface area (Å²) in [6.07, 6.45) is 0. The fourth-order valence-corrected chi connectivity index (χ4v) is 3.70. The molecule has 6 nitrogen and oxygen atoms in total. The molecule has 0 saturated carbocycles. The lowest BCUT2D eigenvalue weighted by Crippen LogP contribution is -2.48. The number of aromatic nitrogens is 2. The molecule has 1 N–H and O–H groups in total. The maximum Gasteiger partial charge on any atom is 0.253 e. The number of hydrogen-bond acceptors (Lipinski definition) is 4. The monoisotopic (exact) mass is 401 g/mol. The molecule has 1 aliphatic rings. The van der Waals surface area contributed by atoms with Gasteiger partial charge in [0.05, 0.1) is 17.3 Å². The molecular formula is C22H16ClN5O. The molecule has 29 heavy (non-hydrogen) atoms. The number of amides is 1. The van der Waals surface area contributed by atoms with Gasteiger partial charge in [-0.2, -0.15) is 15.6 Å². The minimum Gasteiger partial charge on any atom is -0.337 e. The Bertz CT molecular complexity index is 1180. The van der Waals surface area contributed by atoms with Crippen LogP contribution in [0.25, 0.3) is 11.3 Å². The van der Waals surface area contributed by atoms with Crippen LogP contribution < -0.4 is 0 Å². The van der Waals surface area contributed by atoms with Crippen molar-refractivity contribution in [1.29, 1.82) is 10.5 Å². The van der Waals surface area contributed by atoms with Crippen LogP contribution in [-0.4, -0.2) is 34.1 Å². The molecular weight excluding hydrogens is 386 g/mol. The predicted octanol–water partition coefficient (Wildman–Crippen LogP) is 4.02. The first-order valence-electron chi connectivity index (χ1n) is 9.06. The second kappa shape index (κ2) is 7.43. The molecule has 0 aliphatic carbocycles. The van der Waals surface area contributed by atoms with Crippen molar-refractivity contribution in [3.63, 3.8) is 0 Å². The van der Waals surface area contributed by atoms with Crippen LogP contribution in [0.4, 0.5) is 0 Å². The topological polar surface area (TPSA) is 96.6 Å². The van der Waals surface area contributed by atoms with Crippen molar-refractivity contribution in [3.8, 4) is 23.4 Å². The Hall–Kier alpha value is -3.61. The summed E-state index contributed by atoms with van der Waals surface area (Å²) < 4.78 is 0. The van der Waals surface area contributed by atoms with Gasteiger partial charge in [0.25, 0.3) is 5.91 Å². The van der Waals surface area contributed by atoms with Crippen molar-refractivity contribution >= 4 is 17.5 Å². The first kappa shape index (κ1) is 18.7. The normalized spacial score (nSPS) is 13.4. The van der Waals surface area contributed by atoms with E-state index in [4.69, 9.17) is 22.1 Å². The van der Waals surface area contributed by atoms with Gasteiger partial charge in [-0.3, -0.25) is 9.89 Å². The van der Waals surface area contributed by atoms with Crippen LogP contribution in [0, 0.1) is 29.6 Å². The molecule has 2 heterocycles. The molecule has 0 atom stereocenters. The second-order valence-electron chi connectivity index (χ2n) is 7.04. The van der Waals surface area contributed by atoms with Crippen molar-refractivity contribution in [2.45, 2.75) is 12.8 Å². The predicted molar refractivity (Wildman–Crippen MR) is 108 cm³/mol. The number of nitrogens with one attached hydrogen (secondary N) is 1. The zero-order chi connectivity index (χ0) is 20.5.